The van der Waals surface area contributed by atoms with Crippen molar-refractivity contribution in [2.45, 2.75) is 51.1 Å². The molecule has 0 spiro atoms. The van der Waals surface area contributed by atoms with Crippen LogP contribution in [-0.4, -0.2) is 48.7 Å². The molecule has 9 heteroatoms. The summed E-state index contributed by atoms with van der Waals surface area (Å²) in [6.07, 6.45) is 1.64. The van der Waals surface area contributed by atoms with E-state index < -0.39 is 27.9 Å². The van der Waals surface area contributed by atoms with Gasteiger partial charge in [0.25, 0.3) is 0 Å². The van der Waals surface area contributed by atoms with E-state index in [0.717, 1.165) is 41.5 Å². The highest BCUT2D eigenvalue weighted by molar-refractivity contribution is 8.25. The fourth-order valence-corrected chi connectivity index (χ4v) is 6.32. The number of benzene rings is 2. The van der Waals surface area contributed by atoms with Gasteiger partial charge in [0.2, 0.25) is 5.88 Å². The Morgan fingerprint density at radius 2 is 1.70 bits per heavy atom. The standard InChI is InChI=1S/C28H33N3O5S/c1-27(2,3)31(26(32)33)28(15-8-16-28)21-13-11-20(12-14-21)24-22(19-9-6-5-7-10-19)17-23-25(29-24)36-18-37(34,35)30(23)4/h5-7,9-14,17,34-35H,8,15-16,18H2,1-4H3,(H,32,33). The van der Waals surface area contributed by atoms with Gasteiger partial charge >= 0.3 is 6.09 Å². The lowest BCUT2D eigenvalue weighted by molar-refractivity contribution is -0.0328. The maximum atomic E-state index is 12.3. The van der Waals surface area contributed by atoms with Gasteiger partial charge in [0.1, 0.15) is 5.69 Å². The van der Waals surface area contributed by atoms with Gasteiger partial charge in [0.15, 0.2) is 5.94 Å². The van der Waals surface area contributed by atoms with Crippen molar-refractivity contribution in [2.75, 3.05) is 17.3 Å². The molecule has 1 aliphatic carbocycles. The first-order chi connectivity index (χ1) is 17.4. The van der Waals surface area contributed by atoms with Crippen LogP contribution in [0.1, 0.15) is 45.6 Å². The number of fused-ring (bicyclic) bond motifs is 1. The molecule has 1 saturated carbocycles. The number of anilines is 1. The topological polar surface area (TPSA) is 106 Å². The molecule has 1 amide bonds. The van der Waals surface area contributed by atoms with Gasteiger partial charge in [0.05, 0.1) is 11.2 Å². The zero-order valence-corrected chi connectivity index (χ0v) is 22.3. The van der Waals surface area contributed by atoms with Crippen LogP contribution < -0.4 is 9.04 Å². The van der Waals surface area contributed by atoms with Gasteiger partial charge in [-0.15, -0.1) is 0 Å². The molecule has 0 unspecified atom stereocenters. The first-order valence-electron chi connectivity index (χ1n) is 12.3. The second-order valence-corrected chi connectivity index (χ2v) is 12.8. The van der Waals surface area contributed by atoms with E-state index in [-0.39, 0.29) is 5.94 Å². The van der Waals surface area contributed by atoms with Crippen LogP contribution in [0.2, 0.25) is 0 Å². The summed E-state index contributed by atoms with van der Waals surface area (Å²) in [5.74, 6) is 0.0973. The quantitative estimate of drug-likeness (QED) is 0.337. The largest absolute Gasteiger partial charge is 0.465 e. The maximum absolute atomic E-state index is 12.3. The molecule has 2 heterocycles. The number of carbonyl (C=O) groups is 1. The van der Waals surface area contributed by atoms with Crippen molar-refractivity contribution in [1.82, 2.24) is 9.88 Å². The Hall–Kier alpha value is -3.27. The monoisotopic (exact) mass is 523 g/mol. The van der Waals surface area contributed by atoms with E-state index in [1.54, 1.807) is 11.9 Å². The van der Waals surface area contributed by atoms with Crippen molar-refractivity contribution in [3.8, 4) is 28.3 Å². The third-order valence-corrected chi connectivity index (χ3v) is 8.86. The van der Waals surface area contributed by atoms with Crippen LogP contribution in [0.25, 0.3) is 22.4 Å². The number of aromatic nitrogens is 1. The fraction of sp³-hybridized carbons (Fsp3) is 0.357. The minimum Gasteiger partial charge on any atom is -0.465 e. The molecule has 5 rings (SSSR count). The van der Waals surface area contributed by atoms with Crippen LogP contribution in [0.3, 0.4) is 0 Å². The summed E-state index contributed by atoms with van der Waals surface area (Å²) in [5.41, 5.74) is 3.75. The number of hydrogen-bond acceptors (Lipinski definition) is 6. The average molecular weight is 524 g/mol. The van der Waals surface area contributed by atoms with Crippen LogP contribution in [0.5, 0.6) is 5.88 Å². The van der Waals surface area contributed by atoms with Crippen LogP contribution in [0, 0.1) is 0 Å². The Bertz CT molecular complexity index is 1320. The smallest absolute Gasteiger partial charge is 0.408 e. The maximum Gasteiger partial charge on any atom is 0.408 e. The summed E-state index contributed by atoms with van der Waals surface area (Å²) >= 11 is 0. The van der Waals surface area contributed by atoms with Crippen molar-refractivity contribution in [3.63, 3.8) is 0 Å². The SMILES string of the molecule is CN1c2cc(-c3ccccc3)c(-c3ccc(C4(N(C(=O)O)C(C)(C)C)CCC4)cc3)nc2OCS1(O)O. The van der Waals surface area contributed by atoms with E-state index in [0.29, 0.717) is 17.3 Å². The molecule has 3 aromatic rings. The minimum absolute atomic E-state index is 0.243. The molecule has 8 nitrogen and oxygen atoms in total. The minimum atomic E-state index is -3.08. The molecule has 0 radical (unpaired) electrons. The number of carboxylic acid groups (broad SMARTS) is 1. The summed E-state index contributed by atoms with van der Waals surface area (Å²) in [4.78, 5) is 18.8. The van der Waals surface area contributed by atoms with Crippen LogP contribution in [0.4, 0.5) is 10.5 Å². The summed E-state index contributed by atoms with van der Waals surface area (Å²) in [6, 6.07) is 19.7. The molecule has 0 bridgehead atoms. The second-order valence-electron chi connectivity index (χ2n) is 10.7. The lowest BCUT2D eigenvalue weighted by atomic mass is 9.69. The number of ether oxygens (including phenoxy) is 1. The number of hydrogen-bond donors (Lipinski definition) is 3. The fourth-order valence-electron chi connectivity index (χ4n) is 5.45. The molecule has 0 saturated heterocycles. The van der Waals surface area contributed by atoms with Crippen molar-refractivity contribution < 1.29 is 23.7 Å². The Morgan fingerprint density at radius 1 is 1.05 bits per heavy atom. The number of amides is 1. The summed E-state index contributed by atoms with van der Waals surface area (Å²) in [5, 5.41) is 10.1. The molecule has 1 aromatic heterocycles. The lowest BCUT2D eigenvalue weighted by Crippen LogP contribution is -2.60. The normalized spacial score (nSPS) is 18.7. The van der Waals surface area contributed by atoms with E-state index in [1.165, 1.54) is 4.31 Å². The zero-order chi connectivity index (χ0) is 26.6. The average Bonchev–Trinajstić information content (AvgIpc) is 2.83. The van der Waals surface area contributed by atoms with E-state index in [9.17, 15) is 19.0 Å². The van der Waals surface area contributed by atoms with Gasteiger partial charge in [-0.1, -0.05) is 65.4 Å². The molecule has 3 N–H and O–H groups in total. The van der Waals surface area contributed by atoms with E-state index >= 15 is 0 Å². The number of nitrogens with zero attached hydrogens (tertiary/aromatic N) is 3. The van der Waals surface area contributed by atoms with E-state index in [4.69, 9.17) is 9.72 Å². The van der Waals surface area contributed by atoms with Gasteiger partial charge < -0.3 is 9.84 Å². The third kappa shape index (κ3) is 4.31. The molecule has 196 valence electrons. The summed E-state index contributed by atoms with van der Waals surface area (Å²) in [6.45, 7) is 5.81. The Kier molecular flexibility index (Phi) is 6.13. The predicted molar refractivity (Wildman–Crippen MR) is 147 cm³/mol. The van der Waals surface area contributed by atoms with Crippen LogP contribution >= 0.6 is 10.8 Å². The van der Waals surface area contributed by atoms with Gasteiger partial charge in [-0.25, -0.2) is 9.78 Å². The number of pyridine rings is 1. The van der Waals surface area contributed by atoms with Gasteiger partial charge in [-0.2, -0.15) is 0 Å². The van der Waals surface area contributed by atoms with Crippen molar-refractivity contribution in [2.24, 2.45) is 0 Å². The van der Waals surface area contributed by atoms with Crippen LogP contribution in [0.15, 0.2) is 60.7 Å². The molecule has 2 aliphatic rings. The van der Waals surface area contributed by atoms with Gasteiger partial charge in [0, 0.05) is 23.7 Å². The third-order valence-electron chi connectivity index (χ3n) is 7.35. The first-order valence-corrected chi connectivity index (χ1v) is 14.0. The Labute approximate surface area is 219 Å². The molecule has 1 fully saturated rings. The van der Waals surface area contributed by atoms with Crippen molar-refractivity contribution in [3.05, 3.63) is 66.2 Å². The van der Waals surface area contributed by atoms with Crippen molar-refractivity contribution >= 4 is 22.6 Å². The highest BCUT2D eigenvalue weighted by Gasteiger charge is 2.50. The Morgan fingerprint density at radius 3 is 2.24 bits per heavy atom. The summed E-state index contributed by atoms with van der Waals surface area (Å²) in [7, 11) is -1.45. The Balaban J connectivity index is 1.61. The first kappa shape index (κ1) is 25.4. The van der Waals surface area contributed by atoms with E-state index in [2.05, 4.69) is 0 Å². The lowest BCUT2D eigenvalue weighted by Gasteiger charge is -2.54. The molecule has 37 heavy (non-hydrogen) atoms. The molecular formula is C28H33N3O5S. The highest BCUT2D eigenvalue weighted by atomic mass is 32.3. The van der Waals surface area contributed by atoms with E-state index in [1.807, 2.05) is 81.4 Å². The highest BCUT2D eigenvalue weighted by Crippen LogP contribution is 2.53. The molecule has 0 atom stereocenters. The predicted octanol–water partition coefficient (Wildman–Crippen LogP) is 7.03. The second kappa shape index (κ2) is 8.93. The number of rotatable bonds is 4. The van der Waals surface area contributed by atoms with Gasteiger partial charge in [-0.05, 0) is 57.2 Å². The van der Waals surface area contributed by atoms with Gasteiger partial charge in [-0.3, -0.25) is 18.3 Å². The zero-order valence-electron chi connectivity index (χ0n) is 21.5. The summed E-state index contributed by atoms with van der Waals surface area (Å²) < 4.78 is 27.9. The molecule has 1 aliphatic heterocycles. The van der Waals surface area contributed by atoms with Crippen molar-refractivity contribution in [1.29, 1.82) is 0 Å². The van der Waals surface area contributed by atoms with Crippen LogP contribution in [-0.2, 0) is 5.54 Å². The molecule has 2 aromatic carbocycles. The molecular weight excluding hydrogens is 490 g/mol.